The second kappa shape index (κ2) is 11.8. The zero-order valence-electron chi connectivity index (χ0n) is 19.6. The van der Waals surface area contributed by atoms with Crippen LogP contribution >= 0.6 is 15.9 Å². The number of hydrogen-bond acceptors (Lipinski definition) is 8. The predicted molar refractivity (Wildman–Crippen MR) is 139 cm³/mol. The molecule has 12 heteroatoms. The van der Waals surface area contributed by atoms with Gasteiger partial charge in [-0.05, 0) is 71.7 Å². The van der Waals surface area contributed by atoms with Crippen molar-refractivity contribution in [3.63, 3.8) is 0 Å². The van der Waals surface area contributed by atoms with Crippen molar-refractivity contribution in [2.45, 2.75) is 13.8 Å². The molecule has 0 saturated heterocycles. The standard InChI is InChI=1S/C25H19BrN4O7/c1-3-36-23-12-16(10-17(14-27)25(31)28-18-6-4-15(2)5-7-18)11-20(26)24(23)37-22-9-8-19(29(32)33)13-21(22)30(34)35/h4-13H,3H2,1-2H3,(H,28,31)/b17-10-. The third kappa shape index (κ3) is 6.68. The van der Waals surface area contributed by atoms with E-state index in [-0.39, 0.29) is 29.4 Å². The Hall–Kier alpha value is -4.76. The van der Waals surface area contributed by atoms with Crippen LogP contribution in [0.1, 0.15) is 18.1 Å². The van der Waals surface area contributed by atoms with E-state index in [4.69, 9.17) is 9.47 Å². The summed E-state index contributed by atoms with van der Waals surface area (Å²) in [5, 5.41) is 34.7. The minimum atomic E-state index is -0.792. The highest BCUT2D eigenvalue weighted by Crippen LogP contribution is 2.43. The summed E-state index contributed by atoms with van der Waals surface area (Å²) in [5.41, 5.74) is 0.722. The number of non-ortho nitro benzene ring substituents is 1. The molecule has 0 saturated carbocycles. The van der Waals surface area contributed by atoms with Crippen molar-refractivity contribution in [3.05, 3.63) is 96.0 Å². The fourth-order valence-electron chi connectivity index (χ4n) is 3.14. The first-order valence-electron chi connectivity index (χ1n) is 10.7. The molecule has 0 spiro atoms. The van der Waals surface area contributed by atoms with Gasteiger partial charge in [0.05, 0.1) is 27.0 Å². The van der Waals surface area contributed by atoms with Crippen LogP contribution in [0.4, 0.5) is 17.1 Å². The van der Waals surface area contributed by atoms with Gasteiger partial charge in [-0.3, -0.25) is 25.0 Å². The highest BCUT2D eigenvalue weighted by atomic mass is 79.9. The summed E-state index contributed by atoms with van der Waals surface area (Å²) in [4.78, 5) is 33.6. The fraction of sp³-hybridized carbons (Fsp3) is 0.120. The van der Waals surface area contributed by atoms with Gasteiger partial charge in [0.15, 0.2) is 11.5 Å². The Labute approximate surface area is 219 Å². The molecular formula is C25H19BrN4O7. The minimum Gasteiger partial charge on any atom is -0.490 e. The van der Waals surface area contributed by atoms with Crippen LogP contribution in [0, 0.1) is 38.5 Å². The molecule has 0 aliphatic heterocycles. The van der Waals surface area contributed by atoms with Gasteiger partial charge in [-0.1, -0.05) is 17.7 Å². The van der Waals surface area contributed by atoms with Gasteiger partial charge in [-0.25, -0.2) is 0 Å². The van der Waals surface area contributed by atoms with Gasteiger partial charge in [0.25, 0.3) is 11.6 Å². The van der Waals surface area contributed by atoms with Crippen LogP contribution in [0.15, 0.2) is 64.6 Å². The topological polar surface area (TPSA) is 158 Å². The lowest BCUT2D eigenvalue weighted by atomic mass is 10.1. The number of anilines is 1. The highest BCUT2D eigenvalue weighted by molar-refractivity contribution is 9.10. The van der Waals surface area contributed by atoms with Crippen molar-refractivity contribution >= 4 is 45.0 Å². The lowest BCUT2D eigenvalue weighted by Gasteiger charge is -2.14. The lowest BCUT2D eigenvalue weighted by molar-refractivity contribution is -0.394. The van der Waals surface area contributed by atoms with Gasteiger partial charge in [0.2, 0.25) is 5.75 Å². The van der Waals surface area contributed by atoms with E-state index in [2.05, 4.69) is 21.2 Å². The van der Waals surface area contributed by atoms with Crippen molar-refractivity contribution < 1.29 is 24.1 Å². The van der Waals surface area contributed by atoms with Gasteiger partial charge < -0.3 is 14.8 Å². The molecule has 0 bridgehead atoms. The van der Waals surface area contributed by atoms with E-state index in [9.17, 15) is 30.3 Å². The second-order valence-electron chi connectivity index (χ2n) is 7.52. The molecule has 0 unspecified atom stereocenters. The molecule has 0 atom stereocenters. The number of ether oxygens (including phenoxy) is 2. The zero-order valence-corrected chi connectivity index (χ0v) is 21.1. The normalized spacial score (nSPS) is 10.8. The molecule has 0 aromatic heterocycles. The number of nitro groups is 2. The number of amides is 1. The van der Waals surface area contributed by atoms with E-state index >= 15 is 0 Å². The average Bonchev–Trinajstić information content (AvgIpc) is 2.86. The monoisotopic (exact) mass is 566 g/mol. The summed E-state index contributed by atoms with van der Waals surface area (Å²) < 4.78 is 11.7. The van der Waals surface area contributed by atoms with Gasteiger partial charge in [0, 0.05) is 11.8 Å². The van der Waals surface area contributed by atoms with E-state index in [0.29, 0.717) is 15.7 Å². The summed E-state index contributed by atoms with van der Waals surface area (Å²) in [6.07, 6.45) is 1.36. The number of rotatable bonds is 9. The maximum absolute atomic E-state index is 12.6. The second-order valence-corrected chi connectivity index (χ2v) is 8.38. The molecule has 3 aromatic carbocycles. The van der Waals surface area contributed by atoms with Crippen LogP contribution < -0.4 is 14.8 Å². The average molecular weight is 567 g/mol. The van der Waals surface area contributed by atoms with Crippen LogP contribution in [-0.4, -0.2) is 22.4 Å². The summed E-state index contributed by atoms with van der Waals surface area (Å²) >= 11 is 3.34. The quantitative estimate of drug-likeness (QED) is 0.136. The van der Waals surface area contributed by atoms with Gasteiger partial charge >= 0.3 is 5.69 Å². The first-order valence-corrected chi connectivity index (χ1v) is 11.5. The summed E-state index contributed by atoms with van der Waals surface area (Å²) in [5.74, 6) is -0.622. The van der Waals surface area contributed by atoms with Crippen LogP contribution in [0.25, 0.3) is 6.08 Å². The third-order valence-corrected chi connectivity index (χ3v) is 5.47. The predicted octanol–water partition coefficient (Wildman–Crippen LogP) is 6.31. The maximum atomic E-state index is 12.6. The number of hydrogen-bond donors (Lipinski definition) is 1. The van der Waals surface area contributed by atoms with Gasteiger partial charge in [-0.15, -0.1) is 0 Å². The van der Waals surface area contributed by atoms with Crippen molar-refractivity contribution in [2.24, 2.45) is 0 Å². The molecule has 1 amide bonds. The maximum Gasteiger partial charge on any atom is 0.318 e. The Balaban J connectivity index is 1.97. The van der Waals surface area contributed by atoms with Crippen molar-refractivity contribution in [2.75, 3.05) is 11.9 Å². The van der Waals surface area contributed by atoms with Crippen molar-refractivity contribution in [1.82, 2.24) is 0 Å². The number of nitro benzene ring substituents is 2. The molecule has 3 aromatic rings. The molecule has 0 aliphatic carbocycles. The first kappa shape index (κ1) is 26.8. The van der Waals surface area contributed by atoms with Crippen molar-refractivity contribution in [3.8, 4) is 23.3 Å². The fourth-order valence-corrected chi connectivity index (χ4v) is 3.68. The molecule has 3 rings (SSSR count). The SMILES string of the molecule is CCOc1cc(/C=C(/C#N)C(=O)Nc2ccc(C)cc2)cc(Br)c1Oc1ccc([N+](=O)[O-])cc1[N+](=O)[O-]. The molecule has 0 radical (unpaired) electrons. The number of nitrogens with one attached hydrogen (secondary N) is 1. The summed E-state index contributed by atoms with van der Waals surface area (Å²) in [6.45, 7) is 3.83. The molecule has 0 heterocycles. The smallest absolute Gasteiger partial charge is 0.318 e. The van der Waals surface area contributed by atoms with Crippen LogP contribution in [0.5, 0.6) is 17.2 Å². The molecule has 0 aliphatic rings. The number of benzene rings is 3. The lowest BCUT2D eigenvalue weighted by Crippen LogP contribution is -2.13. The number of nitrogens with zero attached hydrogens (tertiary/aromatic N) is 3. The van der Waals surface area contributed by atoms with Crippen LogP contribution in [0.2, 0.25) is 0 Å². The highest BCUT2D eigenvalue weighted by Gasteiger charge is 2.24. The Kier molecular flexibility index (Phi) is 8.55. The van der Waals surface area contributed by atoms with E-state index in [0.717, 1.165) is 23.8 Å². The summed E-state index contributed by atoms with van der Waals surface area (Å²) in [6, 6.07) is 15.0. The zero-order chi connectivity index (χ0) is 27.1. The van der Waals surface area contributed by atoms with Crippen molar-refractivity contribution in [1.29, 1.82) is 5.26 Å². The van der Waals surface area contributed by atoms with E-state index in [1.54, 1.807) is 19.1 Å². The Bertz CT molecular complexity index is 1450. The number of aryl methyl sites for hydroxylation is 1. The Morgan fingerprint density at radius 1 is 1.08 bits per heavy atom. The number of halogens is 1. The number of carbonyl (C=O) groups is 1. The van der Waals surface area contributed by atoms with E-state index in [1.807, 2.05) is 25.1 Å². The Morgan fingerprint density at radius 2 is 1.78 bits per heavy atom. The van der Waals surface area contributed by atoms with Crippen LogP contribution in [-0.2, 0) is 4.79 Å². The summed E-state index contributed by atoms with van der Waals surface area (Å²) in [7, 11) is 0. The molecule has 188 valence electrons. The van der Waals surface area contributed by atoms with Gasteiger partial charge in [-0.2, -0.15) is 5.26 Å². The molecule has 37 heavy (non-hydrogen) atoms. The van der Waals surface area contributed by atoms with E-state index < -0.39 is 27.1 Å². The number of nitriles is 1. The minimum absolute atomic E-state index is 0.0681. The van der Waals surface area contributed by atoms with Gasteiger partial charge in [0.1, 0.15) is 11.6 Å². The first-order chi connectivity index (χ1) is 17.6. The Morgan fingerprint density at radius 3 is 2.38 bits per heavy atom. The van der Waals surface area contributed by atoms with Crippen LogP contribution in [0.3, 0.4) is 0 Å². The largest absolute Gasteiger partial charge is 0.490 e. The molecular weight excluding hydrogens is 548 g/mol. The number of carbonyl (C=O) groups excluding carboxylic acids is 1. The third-order valence-electron chi connectivity index (χ3n) is 4.88. The molecule has 0 fully saturated rings. The molecule has 1 N–H and O–H groups in total. The van der Waals surface area contributed by atoms with E-state index in [1.165, 1.54) is 18.2 Å². The molecule has 11 nitrogen and oxygen atoms in total.